The number of carbonyl (C=O) groups is 2. The number of aromatic carboxylic acids is 1. The van der Waals surface area contributed by atoms with Crippen LogP contribution in [0.15, 0.2) is 54.6 Å². The van der Waals surface area contributed by atoms with E-state index in [9.17, 15) is 14.2 Å². The average Bonchev–Trinajstić information content (AvgIpc) is 2.62. The lowest BCUT2D eigenvalue weighted by atomic mass is 10.1. The lowest BCUT2D eigenvalue weighted by Crippen LogP contribution is -2.39. The third-order valence-corrected chi connectivity index (χ3v) is 4.81. The van der Waals surface area contributed by atoms with Crippen molar-refractivity contribution in [2.45, 2.75) is 12.5 Å². The Morgan fingerprint density at radius 2 is 1.88 bits per heavy atom. The van der Waals surface area contributed by atoms with E-state index in [4.69, 9.17) is 9.84 Å². The zero-order valence-electron chi connectivity index (χ0n) is 14.3. The Morgan fingerprint density at radius 3 is 2.54 bits per heavy atom. The van der Waals surface area contributed by atoms with Gasteiger partial charge in [0.1, 0.15) is 6.35 Å². The molecule has 0 aliphatic carbocycles. The monoisotopic (exact) mass is 376 g/mol. The fourth-order valence-corrected chi connectivity index (χ4v) is 3.35. The van der Waals surface area contributed by atoms with Crippen molar-refractivity contribution >= 4 is 25.5 Å². The summed E-state index contributed by atoms with van der Waals surface area (Å²) in [6.45, 7) is 0. The number of hydrogen-bond acceptors (Lipinski definition) is 4. The SMILES string of the molecule is COC[PH](=O)NC(Cc1ccccc1)C(=O)Nc1cccc(C(=O)O)c1. The molecule has 2 unspecified atom stereocenters. The van der Waals surface area contributed by atoms with E-state index < -0.39 is 25.9 Å². The fraction of sp³-hybridized carbons (Fsp3) is 0.222. The minimum atomic E-state index is -2.29. The van der Waals surface area contributed by atoms with E-state index in [0.29, 0.717) is 12.1 Å². The van der Waals surface area contributed by atoms with Crippen LogP contribution in [-0.2, 0) is 20.5 Å². The molecule has 0 heterocycles. The molecule has 0 fully saturated rings. The van der Waals surface area contributed by atoms with E-state index in [-0.39, 0.29) is 11.9 Å². The molecule has 7 nitrogen and oxygen atoms in total. The van der Waals surface area contributed by atoms with Crippen molar-refractivity contribution in [2.75, 3.05) is 18.8 Å². The number of hydrogen-bond donors (Lipinski definition) is 3. The van der Waals surface area contributed by atoms with Crippen molar-refractivity contribution in [2.24, 2.45) is 0 Å². The second-order valence-corrected chi connectivity index (χ2v) is 7.04. The van der Waals surface area contributed by atoms with Gasteiger partial charge in [0.05, 0.1) is 11.6 Å². The van der Waals surface area contributed by atoms with Gasteiger partial charge in [0, 0.05) is 12.8 Å². The summed E-state index contributed by atoms with van der Waals surface area (Å²) in [5, 5.41) is 14.5. The molecule has 0 aliphatic rings. The van der Waals surface area contributed by atoms with Gasteiger partial charge in [0.25, 0.3) is 0 Å². The molecule has 8 heteroatoms. The Hall–Kier alpha value is -2.47. The Balaban J connectivity index is 2.14. The van der Waals surface area contributed by atoms with Crippen molar-refractivity contribution in [1.29, 1.82) is 0 Å². The first-order valence-corrected chi connectivity index (χ1v) is 9.57. The first kappa shape index (κ1) is 19.8. The number of carboxylic acid groups (broad SMARTS) is 1. The second-order valence-electron chi connectivity index (χ2n) is 5.62. The van der Waals surface area contributed by atoms with Gasteiger partial charge in [-0.15, -0.1) is 0 Å². The highest BCUT2D eigenvalue weighted by Crippen LogP contribution is 2.18. The predicted molar refractivity (Wildman–Crippen MR) is 100.0 cm³/mol. The molecule has 0 radical (unpaired) electrons. The van der Waals surface area contributed by atoms with Gasteiger partial charge >= 0.3 is 5.97 Å². The third kappa shape index (κ3) is 6.11. The van der Waals surface area contributed by atoms with Crippen LogP contribution in [0.5, 0.6) is 0 Å². The minimum absolute atomic E-state index is 0.0255. The number of carboxylic acids is 1. The summed E-state index contributed by atoms with van der Waals surface area (Å²) < 4.78 is 16.9. The number of methoxy groups -OCH3 is 1. The summed E-state index contributed by atoms with van der Waals surface area (Å²) in [6.07, 6.45) is 0.364. The van der Waals surface area contributed by atoms with E-state index in [1.807, 2.05) is 30.3 Å². The highest BCUT2D eigenvalue weighted by atomic mass is 31.1. The Kier molecular flexibility index (Phi) is 7.53. The number of benzene rings is 2. The molecule has 1 amide bonds. The van der Waals surface area contributed by atoms with Crippen molar-refractivity contribution < 1.29 is 24.0 Å². The topological polar surface area (TPSA) is 105 Å². The van der Waals surface area contributed by atoms with Crippen molar-refractivity contribution in [3.05, 3.63) is 65.7 Å². The maximum Gasteiger partial charge on any atom is 0.335 e. The molecule has 26 heavy (non-hydrogen) atoms. The quantitative estimate of drug-likeness (QED) is 0.581. The highest BCUT2D eigenvalue weighted by Gasteiger charge is 2.21. The summed E-state index contributed by atoms with van der Waals surface area (Å²) in [5.41, 5.74) is 1.34. The van der Waals surface area contributed by atoms with Crippen LogP contribution >= 0.6 is 7.95 Å². The summed E-state index contributed by atoms with van der Waals surface area (Å²) in [6, 6.07) is 14.6. The van der Waals surface area contributed by atoms with E-state index in [1.165, 1.54) is 19.2 Å². The van der Waals surface area contributed by atoms with Crippen molar-refractivity contribution in [1.82, 2.24) is 5.09 Å². The maximum atomic E-state index is 12.7. The first-order valence-electron chi connectivity index (χ1n) is 7.96. The molecule has 0 aliphatic heterocycles. The fourth-order valence-electron chi connectivity index (χ4n) is 2.39. The van der Waals surface area contributed by atoms with Crippen molar-refractivity contribution in [3.8, 4) is 0 Å². The van der Waals surface area contributed by atoms with Gasteiger partial charge < -0.3 is 19.7 Å². The van der Waals surface area contributed by atoms with Gasteiger partial charge in [-0.1, -0.05) is 36.4 Å². The van der Waals surface area contributed by atoms with Crippen LogP contribution in [0.3, 0.4) is 0 Å². The first-order chi connectivity index (χ1) is 12.5. The Bertz CT molecular complexity index is 782. The van der Waals surface area contributed by atoms with Crippen molar-refractivity contribution in [3.63, 3.8) is 0 Å². The van der Waals surface area contributed by atoms with Crippen LogP contribution in [-0.4, -0.2) is 36.5 Å². The standard InChI is InChI=1S/C18H21N2O5P/c1-25-12-26(24)20-16(10-13-6-3-2-4-7-13)17(21)19-15-9-5-8-14(11-15)18(22)23/h2-9,11,16,26H,10,12H2,1H3,(H,19,21)(H,20,24)(H,22,23). The molecule has 0 aromatic heterocycles. The molecule has 138 valence electrons. The maximum absolute atomic E-state index is 12.7. The Labute approximate surface area is 152 Å². The Morgan fingerprint density at radius 1 is 1.15 bits per heavy atom. The molecular weight excluding hydrogens is 355 g/mol. The number of nitrogens with one attached hydrogen (secondary N) is 2. The molecule has 2 rings (SSSR count). The number of ether oxygens (including phenoxy) is 1. The molecule has 3 N–H and O–H groups in total. The molecule has 2 atom stereocenters. The van der Waals surface area contributed by atoms with E-state index in [1.54, 1.807) is 12.1 Å². The van der Waals surface area contributed by atoms with Crippen LogP contribution in [0.4, 0.5) is 5.69 Å². The van der Waals surface area contributed by atoms with Gasteiger partial charge in [-0.2, -0.15) is 0 Å². The zero-order chi connectivity index (χ0) is 18.9. The number of rotatable bonds is 9. The summed E-state index contributed by atoms with van der Waals surface area (Å²) >= 11 is 0. The summed E-state index contributed by atoms with van der Waals surface area (Å²) in [7, 11) is -0.854. The average molecular weight is 376 g/mol. The van der Waals surface area contributed by atoms with E-state index >= 15 is 0 Å². The normalized spacial score (nSPS) is 13.0. The molecule has 0 bridgehead atoms. The molecular formula is C18H21N2O5P. The smallest absolute Gasteiger partial charge is 0.335 e. The number of anilines is 1. The van der Waals surface area contributed by atoms with Gasteiger partial charge in [0.15, 0.2) is 7.95 Å². The van der Waals surface area contributed by atoms with Gasteiger partial charge in [0.2, 0.25) is 5.91 Å². The summed E-state index contributed by atoms with van der Waals surface area (Å²) in [5.74, 6) is -1.48. The van der Waals surface area contributed by atoms with Crippen LogP contribution in [0.2, 0.25) is 0 Å². The lowest BCUT2D eigenvalue weighted by Gasteiger charge is -2.18. The minimum Gasteiger partial charge on any atom is -0.478 e. The van der Waals surface area contributed by atoms with Crippen LogP contribution in [0.1, 0.15) is 15.9 Å². The van der Waals surface area contributed by atoms with Gasteiger partial charge in [-0.05, 0) is 30.2 Å². The molecule has 2 aromatic rings. The largest absolute Gasteiger partial charge is 0.478 e. The van der Waals surface area contributed by atoms with Gasteiger partial charge in [-0.25, -0.2) is 4.79 Å². The van der Waals surface area contributed by atoms with Crippen LogP contribution in [0, 0.1) is 0 Å². The molecule has 0 saturated heterocycles. The lowest BCUT2D eigenvalue weighted by molar-refractivity contribution is -0.117. The molecule has 2 aromatic carbocycles. The molecule has 0 saturated carbocycles. The second kappa shape index (κ2) is 9.87. The summed E-state index contributed by atoms with van der Waals surface area (Å²) in [4.78, 5) is 23.7. The third-order valence-electron chi connectivity index (χ3n) is 3.59. The van der Waals surface area contributed by atoms with Crippen LogP contribution < -0.4 is 10.4 Å². The predicted octanol–water partition coefficient (Wildman–Crippen LogP) is 2.60. The number of carbonyl (C=O) groups excluding carboxylic acids is 1. The van der Waals surface area contributed by atoms with E-state index in [2.05, 4.69) is 10.4 Å². The van der Waals surface area contributed by atoms with Gasteiger partial charge in [-0.3, -0.25) is 9.88 Å². The van der Waals surface area contributed by atoms with E-state index in [0.717, 1.165) is 5.56 Å². The number of amides is 1. The molecule has 0 spiro atoms. The zero-order valence-corrected chi connectivity index (χ0v) is 15.3. The highest BCUT2D eigenvalue weighted by molar-refractivity contribution is 7.42. The van der Waals surface area contributed by atoms with Crippen LogP contribution in [0.25, 0.3) is 0 Å².